The molecule has 21 heavy (non-hydrogen) atoms. The van der Waals surface area contributed by atoms with Gasteiger partial charge < -0.3 is 14.2 Å². The maximum atomic E-state index is 12.5. The number of carbonyl (C=O) groups is 1. The zero-order chi connectivity index (χ0) is 15.4. The van der Waals surface area contributed by atoms with Crippen molar-refractivity contribution in [2.24, 2.45) is 0 Å². The van der Waals surface area contributed by atoms with Crippen LogP contribution in [0.3, 0.4) is 0 Å². The van der Waals surface area contributed by atoms with Crippen LogP contribution in [0.1, 0.15) is 46.1 Å². The minimum atomic E-state index is -0.401. The fraction of sp³-hybridized carbons (Fsp3) is 0.667. The minimum Gasteiger partial charge on any atom is -0.464 e. The predicted molar refractivity (Wildman–Crippen MR) is 80.5 cm³/mol. The monoisotopic (exact) mass is 293 g/mol. The first kappa shape index (κ1) is 15.5. The second-order valence-electron chi connectivity index (χ2n) is 5.51. The molecule has 0 radical (unpaired) electrons. The lowest BCUT2D eigenvalue weighted by Gasteiger charge is -2.34. The van der Waals surface area contributed by atoms with Crippen LogP contribution < -0.4 is 10.5 Å². The Bertz CT molecular complexity index is 553. The molecule has 0 N–H and O–H groups in total. The highest BCUT2D eigenvalue weighted by Crippen LogP contribution is 2.22. The molecule has 1 aliphatic heterocycles. The molecule has 1 unspecified atom stereocenters. The lowest BCUT2D eigenvalue weighted by molar-refractivity contribution is -0.145. The average Bonchev–Trinajstić information content (AvgIpc) is 2.47. The smallest absolute Gasteiger partial charge is 0.328 e. The molecule has 1 aromatic rings. The summed E-state index contributed by atoms with van der Waals surface area (Å²) in [6, 6.07) is -0.341. The van der Waals surface area contributed by atoms with Crippen molar-refractivity contribution in [3.63, 3.8) is 0 Å². The van der Waals surface area contributed by atoms with Crippen LogP contribution in [-0.2, 0) is 9.53 Å². The molecule has 0 spiro atoms. The third kappa shape index (κ3) is 3.25. The molecule has 2 rings (SSSR count). The van der Waals surface area contributed by atoms with Crippen LogP contribution >= 0.6 is 0 Å². The van der Waals surface area contributed by atoms with Gasteiger partial charge in [0.15, 0.2) is 5.82 Å². The Morgan fingerprint density at radius 1 is 1.48 bits per heavy atom. The molecule has 2 heterocycles. The Morgan fingerprint density at radius 2 is 2.24 bits per heavy atom. The highest BCUT2D eigenvalue weighted by atomic mass is 16.5. The first-order valence-electron chi connectivity index (χ1n) is 7.56. The van der Waals surface area contributed by atoms with Gasteiger partial charge in [-0.25, -0.2) is 9.78 Å². The van der Waals surface area contributed by atoms with Gasteiger partial charge in [-0.2, -0.15) is 0 Å². The first-order valence-corrected chi connectivity index (χ1v) is 7.56. The third-order valence-corrected chi connectivity index (χ3v) is 3.74. The molecule has 1 aliphatic rings. The lowest BCUT2D eigenvalue weighted by atomic mass is 10.0. The zero-order valence-corrected chi connectivity index (χ0v) is 12.9. The number of ether oxygens (including phenoxy) is 1. The number of hydrogen-bond acceptors (Lipinski definition) is 5. The summed E-state index contributed by atoms with van der Waals surface area (Å²) in [5, 5.41) is 0. The molecule has 116 valence electrons. The molecule has 6 heteroatoms. The number of hydrogen-bond donors (Lipinski definition) is 0. The average molecular weight is 293 g/mol. The Morgan fingerprint density at radius 3 is 2.90 bits per heavy atom. The molecule has 0 amide bonds. The SMILES string of the molecule is CCOC(=O)C1CCCCN1c1nccn(C(C)C)c1=O. The molecule has 0 aliphatic carbocycles. The fourth-order valence-electron chi connectivity index (χ4n) is 2.69. The molecule has 1 aromatic heterocycles. The summed E-state index contributed by atoms with van der Waals surface area (Å²) in [6.45, 7) is 6.70. The Labute approximate surface area is 124 Å². The van der Waals surface area contributed by atoms with Crippen molar-refractivity contribution in [2.75, 3.05) is 18.1 Å². The molecule has 1 fully saturated rings. The largest absolute Gasteiger partial charge is 0.464 e. The normalized spacial score (nSPS) is 18.9. The van der Waals surface area contributed by atoms with Crippen molar-refractivity contribution in [3.8, 4) is 0 Å². The standard InChI is InChI=1S/C15H23N3O3/c1-4-21-15(20)12-7-5-6-9-18(12)13-14(19)17(11(2)3)10-8-16-13/h8,10-12H,4-7,9H2,1-3H3. The van der Waals surface area contributed by atoms with Crippen molar-refractivity contribution in [1.82, 2.24) is 9.55 Å². The number of nitrogens with zero attached hydrogens (tertiary/aromatic N) is 3. The second-order valence-corrected chi connectivity index (χ2v) is 5.51. The maximum absolute atomic E-state index is 12.5. The number of rotatable bonds is 4. The van der Waals surface area contributed by atoms with Crippen LogP contribution in [0.15, 0.2) is 17.2 Å². The number of piperidine rings is 1. The number of anilines is 1. The fourth-order valence-corrected chi connectivity index (χ4v) is 2.69. The molecule has 1 saturated heterocycles. The zero-order valence-electron chi connectivity index (χ0n) is 12.9. The maximum Gasteiger partial charge on any atom is 0.328 e. The number of esters is 1. The van der Waals surface area contributed by atoms with E-state index in [1.807, 2.05) is 18.7 Å². The summed E-state index contributed by atoms with van der Waals surface area (Å²) < 4.78 is 6.77. The van der Waals surface area contributed by atoms with E-state index in [0.717, 1.165) is 12.8 Å². The van der Waals surface area contributed by atoms with Crippen LogP contribution in [0.25, 0.3) is 0 Å². The van der Waals surface area contributed by atoms with Gasteiger partial charge in [-0.15, -0.1) is 0 Å². The van der Waals surface area contributed by atoms with Gasteiger partial charge >= 0.3 is 5.97 Å². The summed E-state index contributed by atoms with van der Waals surface area (Å²) in [4.78, 5) is 30.7. The Hall–Kier alpha value is -1.85. The van der Waals surface area contributed by atoms with E-state index in [4.69, 9.17) is 4.74 Å². The molecule has 6 nitrogen and oxygen atoms in total. The van der Waals surface area contributed by atoms with E-state index in [-0.39, 0.29) is 17.6 Å². The molecular formula is C15H23N3O3. The predicted octanol–water partition coefficient (Wildman–Crippen LogP) is 1.75. The van der Waals surface area contributed by atoms with Gasteiger partial charge in [0.2, 0.25) is 0 Å². The summed E-state index contributed by atoms with van der Waals surface area (Å²) >= 11 is 0. The van der Waals surface area contributed by atoms with E-state index >= 15 is 0 Å². The van der Waals surface area contributed by atoms with Crippen LogP contribution in [0.2, 0.25) is 0 Å². The first-order chi connectivity index (χ1) is 10.1. The van der Waals surface area contributed by atoms with E-state index in [1.165, 1.54) is 0 Å². The van der Waals surface area contributed by atoms with E-state index in [9.17, 15) is 9.59 Å². The molecule has 1 atom stereocenters. The third-order valence-electron chi connectivity index (χ3n) is 3.74. The molecule has 0 aromatic carbocycles. The highest BCUT2D eigenvalue weighted by Gasteiger charge is 2.32. The minimum absolute atomic E-state index is 0.0603. The summed E-state index contributed by atoms with van der Waals surface area (Å²) in [6.07, 6.45) is 5.92. The van der Waals surface area contributed by atoms with E-state index in [2.05, 4.69) is 4.98 Å². The van der Waals surface area contributed by atoms with Crippen molar-refractivity contribution < 1.29 is 9.53 Å². The van der Waals surface area contributed by atoms with Crippen LogP contribution in [0, 0.1) is 0 Å². The lowest BCUT2D eigenvalue weighted by Crippen LogP contribution is -2.48. The summed E-state index contributed by atoms with van der Waals surface area (Å²) in [5.41, 5.74) is -0.149. The van der Waals surface area contributed by atoms with Gasteiger partial charge in [0, 0.05) is 25.0 Å². The van der Waals surface area contributed by atoms with E-state index in [0.29, 0.717) is 25.4 Å². The molecule has 0 bridgehead atoms. The Balaban J connectivity index is 2.36. The number of aromatic nitrogens is 2. The van der Waals surface area contributed by atoms with Crippen molar-refractivity contribution in [3.05, 3.63) is 22.7 Å². The Kier molecular flexibility index (Phi) is 4.98. The van der Waals surface area contributed by atoms with Gasteiger partial charge in [0.25, 0.3) is 5.56 Å². The number of carbonyl (C=O) groups excluding carboxylic acids is 1. The summed E-state index contributed by atoms with van der Waals surface area (Å²) in [5.74, 6) is 0.0855. The van der Waals surface area contributed by atoms with Crippen molar-refractivity contribution >= 4 is 11.8 Å². The summed E-state index contributed by atoms with van der Waals surface area (Å²) in [7, 11) is 0. The second kappa shape index (κ2) is 6.74. The topological polar surface area (TPSA) is 64.4 Å². The van der Waals surface area contributed by atoms with Crippen LogP contribution in [0.5, 0.6) is 0 Å². The van der Waals surface area contributed by atoms with Crippen molar-refractivity contribution in [1.29, 1.82) is 0 Å². The van der Waals surface area contributed by atoms with Gasteiger partial charge in [0.05, 0.1) is 6.61 Å². The van der Waals surface area contributed by atoms with Gasteiger partial charge in [0.1, 0.15) is 6.04 Å². The van der Waals surface area contributed by atoms with E-state index in [1.54, 1.807) is 23.9 Å². The van der Waals surface area contributed by atoms with Gasteiger partial charge in [-0.3, -0.25) is 4.79 Å². The van der Waals surface area contributed by atoms with Crippen LogP contribution in [-0.4, -0.2) is 34.7 Å². The van der Waals surface area contributed by atoms with Crippen molar-refractivity contribution in [2.45, 2.75) is 52.1 Å². The van der Waals surface area contributed by atoms with E-state index < -0.39 is 6.04 Å². The highest BCUT2D eigenvalue weighted by molar-refractivity contribution is 5.79. The molecular weight excluding hydrogens is 270 g/mol. The molecule has 0 saturated carbocycles. The van der Waals surface area contributed by atoms with Crippen LogP contribution in [0.4, 0.5) is 5.82 Å². The van der Waals surface area contributed by atoms with Gasteiger partial charge in [-0.1, -0.05) is 0 Å². The quantitative estimate of drug-likeness (QED) is 0.791. The van der Waals surface area contributed by atoms with Gasteiger partial charge in [-0.05, 0) is 40.0 Å².